The van der Waals surface area contributed by atoms with E-state index in [1.54, 1.807) is 31.2 Å². The molecule has 0 saturated carbocycles. The van der Waals surface area contributed by atoms with Crippen molar-refractivity contribution in [3.05, 3.63) is 63.7 Å². The number of ether oxygens (including phenoxy) is 1. The van der Waals surface area contributed by atoms with Crippen LogP contribution < -0.4 is 10.2 Å². The summed E-state index contributed by atoms with van der Waals surface area (Å²) in [7, 11) is 1.28. The van der Waals surface area contributed by atoms with Gasteiger partial charge in [0.05, 0.1) is 29.2 Å². The zero-order valence-corrected chi connectivity index (χ0v) is 15.9. The van der Waals surface area contributed by atoms with Gasteiger partial charge in [-0.1, -0.05) is 6.07 Å². The van der Waals surface area contributed by atoms with Crippen LogP contribution in [-0.2, 0) is 14.3 Å². The maximum atomic E-state index is 12.6. The van der Waals surface area contributed by atoms with Crippen LogP contribution in [0.3, 0.4) is 0 Å². The second-order valence-corrected chi connectivity index (χ2v) is 6.69. The van der Waals surface area contributed by atoms with Crippen molar-refractivity contribution in [1.29, 1.82) is 0 Å². The Morgan fingerprint density at radius 3 is 2.52 bits per heavy atom. The molecular formula is C20H19N3O6. The standard InChI is InChI=1S/C20H19N3O6/c1-12-3-8-16(10-17(12)23(27)28)22-11-14(9-18(22)24)19(25)21-15-6-4-13(5-7-15)20(26)29-2/h3-8,10,14H,9,11H2,1-2H3,(H,21,25)/t14-/m1/s1. The minimum atomic E-state index is -0.594. The van der Waals surface area contributed by atoms with Crippen LogP contribution in [0.2, 0.25) is 0 Å². The largest absolute Gasteiger partial charge is 0.465 e. The number of benzene rings is 2. The Kier molecular flexibility index (Phi) is 5.58. The molecule has 2 amide bonds. The molecule has 0 radical (unpaired) electrons. The molecule has 0 spiro atoms. The molecule has 0 aromatic heterocycles. The summed E-state index contributed by atoms with van der Waals surface area (Å²) in [5, 5.41) is 13.9. The highest BCUT2D eigenvalue weighted by Crippen LogP contribution is 2.30. The fraction of sp³-hybridized carbons (Fsp3) is 0.250. The number of methoxy groups -OCH3 is 1. The minimum Gasteiger partial charge on any atom is -0.465 e. The van der Waals surface area contributed by atoms with Gasteiger partial charge >= 0.3 is 5.97 Å². The highest BCUT2D eigenvalue weighted by molar-refractivity contribution is 6.03. The highest BCUT2D eigenvalue weighted by atomic mass is 16.6. The summed E-state index contributed by atoms with van der Waals surface area (Å²) in [6.45, 7) is 1.75. The number of aryl methyl sites for hydroxylation is 1. The molecule has 0 bridgehead atoms. The van der Waals surface area contributed by atoms with Gasteiger partial charge in [0.1, 0.15) is 0 Å². The Bertz CT molecular complexity index is 986. The first-order valence-corrected chi connectivity index (χ1v) is 8.85. The van der Waals surface area contributed by atoms with E-state index in [0.29, 0.717) is 22.5 Å². The third kappa shape index (κ3) is 4.23. The van der Waals surface area contributed by atoms with Crippen LogP contribution in [0.1, 0.15) is 22.3 Å². The number of nitrogens with zero attached hydrogens (tertiary/aromatic N) is 2. The van der Waals surface area contributed by atoms with E-state index in [4.69, 9.17) is 0 Å². The van der Waals surface area contributed by atoms with Gasteiger partial charge in [-0.15, -0.1) is 0 Å². The van der Waals surface area contributed by atoms with Gasteiger partial charge in [-0.25, -0.2) is 4.79 Å². The van der Waals surface area contributed by atoms with Crippen LogP contribution in [0.4, 0.5) is 17.1 Å². The highest BCUT2D eigenvalue weighted by Gasteiger charge is 2.35. The van der Waals surface area contributed by atoms with Crippen molar-refractivity contribution in [3.63, 3.8) is 0 Å². The first-order valence-electron chi connectivity index (χ1n) is 8.85. The first-order chi connectivity index (χ1) is 13.8. The molecule has 9 heteroatoms. The number of hydrogen-bond acceptors (Lipinski definition) is 6. The molecule has 1 atom stereocenters. The average molecular weight is 397 g/mol. The van der Waals surface area contributed by atoms with E-state index in [9.17, 15) is 24.5 Å². The van der Waals surface area contributed by atoms with Crippen LogP contribution in [-0.4, -0.2) is 36.4 Å². The molecule has 0 aliphatic carbocycles. The van der Waals surface area contributed by atoms with E-state index in [-0.39, 0.29) is 30.5 Å². The third-order valence-electron chi connectivity index (χ3n) is 4.77. The molecule has 3 rings (SSSR count). The Morgan fingerprint density at radius 2 is 1.90 bits per heavy atom. The van der Waals surface area contributed by atoms with Gasteiger partial charge in [-0.3, -0.25) is 19.7 Å². The first kappa shape index (κ1) is 20.0. The van der Waals surface area contributed by atoms with Crippen molar-refractivity contribution in [3.8, 4) is 0 Å². The lowest BCUT2D eigenvalue weighted by Crippen LogP contribution is -2.28. The molecule has 1 aliphatic rings. The van der Waals surface area contributed by atoms with Crippen molar-refractivity contribution < 1.29 is 24.0 Å². The second kappa shape index (κ2) is 8.09. The fourth-order valence-corrected chi connectivity index (χ4v) is 3.15. The summed E-state index contributed by atoms with van der Waals surface area (Å²) in [4.78, 5) is 48.4. The quantitative estimate of drug-likeness (QED) is 0.471. The van der Waals surface area contributed by atoms with Crippen LogP contribution in [0.15, 0.2) is 42.5 Å². The van der Waals surface area contributed by atoms with Gasteiger partial charge in [0.15, 0.2) is 0 Å². The van der Waals surface area contributed by atoms with Crippen LogP contribution >= 0.6 is 0 Å². The molecule has 1 aliphatic heterocycles. The van der Waals surface area contributed by atoms with E-state index < -0.39 is 16.8 Å². The fourth-order valence-electron chi connectivity index (χ4n) is 3.15. The topological polar surface area (TPSA) is 119 Å². The zero-order chi connectivity index (χ0) is 21.1. The van der Waals surface area contributed by atoms with Crippen molar-refractivity contribution in [2.75, 3.05) is 23.9 Å². The predicted octanol–water partition coefficient (Wildman–Crippen LogP) is 2.68. The maximum absolute atomic E-state index is 12.6. The van der Waals surface area contributed by atoms with E-state index >= 15 is 0 Å². The smallest absolute Gasteiger partial charge is 0.337 e. The number of anilines is 2. The van der Waals surface area contributed by atoms with E-state index in [1.807, 2.05) is 0 Å². The summed E-state index contributed by atoms with van der Waals surface area (Å²) in [5.74, 6) is -1.69. The normalized spacial score (nSPS) is 15.9. The van der Waals surface area contributed by atoms with Gasteiger partial charge in [0.2, 0.25) is 11.8 Å². The molecule has 1 fully saturated rings. The summed E-state index contributed by atoms with van der Waals surface area (Å²) in [6.07, 6.45) is 0.00769. The molecule has 150 valence electrons. The number of nitro benzene ring substituents is 1. The number of amides is 2. The number of carbonyl (C=O) groups excluding carboxylic acids is 3. The molecule has 29 heavy (non-hydrogen) atoms. The van der Waals surface area contributed by atoms with Crippen LogP contribution in [0.5, 0.6) is 0 Å². The average Bonchev–Trinajstić information content (AvgIpc) is 3.10. The maximum Gasteiger partial charge on any atom is 0.337 e. The van der Waals surface area contributed by atoms with Crippen LogP contribution in [0, 0.1) is 23.0 Å². The van der Waals surface area contributed by atoms with Crippen LogP contribution in [0.25, 0.3) is 0 Å². The Balaban J connectivity index is 1.70. The lowest BCUT2D eigenvalue weighted by molar-refractivity contribution is -0.385. The van der Waals surface area contributed by atoms with Gasteiger partial charge in [-0.2, -0.15) is 0 Å². The summed E-state index contributed by atoms with van der Waals surface area (Å²) in [5.41, 5.74) is 1.65. The van der Waals surface area contributed by atoms with Crippen molar-refractivity contribution in [2.45, 2.75) is 13.3 Å². The number of nitrogens with one attached hydrogen (secondary N) is 1. The minimum absolute atomic E-state index is 0.00769. The molecule has 1 saturated heterocycles. The summed E-state index contributed by atoms with van der Waals surface area (Å²) >= 11 is 0. The number of esters is 1. The number of rotatable bonds is 5. The molecule has 0 unspecified atom stereocenters. The molecule has 2 aromatic carbocycles. The monoisotopic (exact) mass is 397 g/mol. The van der Waals surface area contributed by atoms with Gasteiger partial charge in [0, 0.05) is 30.3 Å². The van der Waals surface area contributed by atoms with E-state index in [2.05, 4.69) is 10.1 Å². The number of hydrogen-bond donors (Lipinski definition) is 1. The lowest BCUT2D eigenvalue weighted by atomic mass is 10.1. The Hall–Kier alpha value is -3.75. The molecule has 2 aromatic rings. The number of nitro groups is 1. The Labute approximate surface area is 166 Å². The molecular weight excluding hydrogens is 378 g/mol. The van der Waals surface area contributed by atoms with Crippen molar-refractivity contribution >= 4 is 34.8 Å². The van der Waals surface area contributed by atoms with E-state index in [1.165, 1.54) is 30.2 Å². The van der Waals surface area contributed by atoms with Gasteiger partial charge in [0.25, 0.3) is 5.69 Å². The predicted molar refractivity (Wildman–Crippen MR) is 105 cm³/mol. The number of carbonyl (C=O) groups is 3. The summed E-state index contributed by atoms with van der Waals surface area (Å²) < 4.78 is 4.62. The molecule has 1 heterocycles. The summed E-state index contributed by atoms with van der Waals surface area (Å²) in [6, 6.07) is 10.8. The SMILES string of the molecule is COC(=O)c1ccc(NC(=O)[C@@H]2CC(=O)N(c3ccc(C)c([N+](=O)[O-])c3)C2)cc1. The van der Waals surface area contributed by atoms with E-state index in [0.717, 1.165) is 0 Å². The lowest BCUT2D eigenvalue weighted by Gasteiger charge is -2.17. The van der Waals surface area contributed by atoms with Crippen molar-refractivity contribution in [1.82, 2.24) is 0 Å². The third-order valence-corrected chi connectivity index (χ3v) is 4.77. The molecule has 1 N–H and O–H groups in total. The zero-order valence-electron chi connectivity index (χ0n) is 15.9. The van der Waals surface area contributed by atoms with Crippen molar-refractivity contribution in [2.24, 2.45) is 5.92 Å². The van der Waals surface area contributed by atoms with Gasteiger partial charge < -0.3 is 15.0 Å². The van der Waals surface area contributed by atoms with Gasteiger partial charge in [-0.05, 0) is 37.3 Å². The Morgan fingerprint density at radius 1 is 1.21 bits per heavy atom. The molecule has 9 nitrogen and oxygen atoms in total. The second-order valence-electron chi connectivity index (χ2n) is 6.69.